The van der Waals surface area contributed by atoms with Crippen LogP contribution in [0, 0.1) is 0 Å². The van der Waals surface area contributed by atoms with Gasteiger partial charge >= 0.3 is 0 Å². The highest BCUT2D eigenvalue weighted by atomic mass is 15.0. The molecule has 21 heavy (non-hydrogen) atoms. The van der Waals surface area contributed by atoms with Crippen LogP contribution in [0.25, 0.3) is 0 Å². The molecule has 0 aromatic heterocycles. The highest BCUT2D eigenvalue weighted by Crippen LogP contribution is 2.25. The van der Waals surface area contributed by atoms with Gasteiger partial charge in [-0.3, -0.25) is 0 Å². The van der Waals surface area contributed by atoms with Crippen molar-refractivity contribution in [3.63, 3.8) is 0 Å². The van der Waals surface area contributed by atoms with Crippen LogP contribution in [0.5, 0.6) is 0 Å². The van der Waals surface area contributed by atoms with Gasteiger partial charge in [-0.1, -0.05) is 60.7 Å². The zero-order chi connectivity index (χ0) is 14.3. The van der Waals surface area contributed by atoms with Crippen molar-refractivity contribution in [1.82, 2.24) is 0 Å². The first-order chi connectivity index (χ1) is 10.4. The SMILES string of the molecule is c1ccc(CNc2ccccc2Nc2ccccc2)cc1. The predicted molar refractivity (Wildman–Crippen MR) is 89.9 cm³/mol. The van der Waals surface area contributed by atoms with Crippen LogP contribution in [0.15, 0.2) is 84.9 Å². The van der Waals surface area contributed by atoms with Gasteiger partial charge in [0, 0.05) is 12.2 Å². The summed E-state index contributed by atoms with van der Waals surface area (Å²) in [6.45, 7) is 0.814. The topological polar surface area (TPSA) is 24.1 Å². The highest BCUT2D eigenvalue weighted by Gasteiger charge is 2.01. The molecule has 0 saturated carbocycles. The molecular weight excluding hydrogens is 256 g/mol. The first-order valence-corrected chi connectivity index (χ1v) is 7.11. The quantitative estimate of drug-likeness (QED) is 0.681. The molecule has 0 unspecified atom stereocenters. The van der Waals surface area contributed by atoms with E-state index in [1.54, 1.807) is 0 Å². The molecule has 0 heterocycles. The van der Waals surface area contributed by atoms with Crippen molar-refractivity contribution in [2.45, 2.75) is 6.54 Å². The van der Waals surface area contributed by atoms with Crippen LogP contribution in [0.3, 0.4) is 0 Å². The van der Waals surface area contributed by atoms with Crippen molar-refractivity contribution >= 4 is 17.1 Å². The van der Waals surface area contributed by atoms with Crippen molar-refractivity contribution in [3.8, 4) is 0 Å². The van der Waals surface area contributed by atoms with E-state index >= 15 is 0 Å². The second kappa shape index (κ2) is 6.62. The van der Waals surface area contributed by atoms with E-state index in [4.69, 9.17) is 0 Å². The predicted octanol–water partition coefficient (Wildman–Crippen LogP) is 5.04. The third-order valence-electron chi connectivity index (χ3n) is 3.31. The average molecular weight is 274 g/mol. The first kappa shape index (κ1) is 13.3. The van der Waals surface area contributed by atoms with Crippen molar-refractivity contribution in [3.05, 3.63) is 90.5 Å². The Bertz CT molecular complexity index is 678. The third kappa shape index (κ3) is 3.63. The van der Waals surface area contributed by atoms with E-state index < -0.39 is 0 Å². The monoisotopic (exact) mass is 274 g/mol. The fourth-order valence-corrected chi connectivity index (χ4v) is 2.22. The Balaban J connectivity index is 1.73. The van der Waals surface area contributed by atoms with Gasteiger partial charge in [-0.2, -0.15) is 0 Å². The van der Waals surface area contributed by atoms with Crippen molar-refractivity contribution < 1.29 is 0 Å². The lowest BCUT2D eigenvalue weighted by molar-refractivity contribution is 1.15. The summed E-state index contributed by atoms with van der Waals surface area (Å²) in [6, 6.07) is 28.9. The molecule has 0 atom stereocenters. The molecule has 3 aromatic rings. The molecule has 0 aliphatic rings. The van der Waals surface area contributed by atoms with Crippen LogP contribution >= 0.6 is 0 Å². The summed E-state index contributed by atoms with van der Waals surface area (Å²) < 4.78 is 0. The number of rotatable bonds is 5. The molecule has 0 spiro atoms. The number of anilines is 3. The zero-order valence-electron chi connectivity index (χ0n) is 11.8. The van der Waals surface area contributed by atoms with E-state index in [9.17, 15) is 0 Å². The summed E-state index contributed by atoms with van der Waals surface area (Å²) in [5.41, 5.74) is 4.54. The van der Waals surface area contributed by atoms with Gasteiger partial charge in [-0.05, 0) is 29.8 Å². The maximum Gasteiger partial charge on any atom is 0.0620 e. The van der Waals surface area contributed by atoms with Gasteiger partial charge in [0.15, 0.2) is 0 Å². The zero-order valence-corrected chi connectivity index (χ0v) is 11.8. The minimum absolute atomic E-state index is 0.814. The van der Waals surface area contributed by atoms with Gasteiger partial charge in [-0.25, -0.2) is 0 Å². The molecule has 0 amide bonds. The van der Waals surface area contributed by atoms with E-state index in [0.717, 1.165) is 23.6 Å². The smallest absolute Gasteiger partial charge is 0.0620 e. The molecule has 2 nitrogen and oxygen atoms in total. The molecule has 0 radical (unpaired) electrons. The van der Waals surface area contributed by atoms with Gasteiger partial charge in [0.05, 0.1) is 11.4 Å². The maximum absolute atomic E-state index is 3.49. The molecule has 0 aliphatic carbocycles. The molecule has 3 rings (SSSR count). The molecule has 3 aromatic carbocycles. The molecular formula is C19H18N2. The molecule has 2 N–H and O–H groups in total. The van der Waals surface area contributed by atoms with E-state index in [1.807, 2.05) is 36.4 Å². The maximum atomic E-state index is 3.49. The summed E-state index contributed by atoms with van der Waals surface area (Å²) in [5, 5.41) is 6.93. The molecule has 104 valence electrons. The van der Waals surface area contributed by atoms with Crippen LogP contribution in [0.1, 0.15) is 5.56 Å². The molecule has 0 saturated heterocycles. The number of hydrogen-bond acceptors (Lipinski definition) is 2. The van der Waals surface area contributed by atoms with E-state index in [2.05, 4.69) is 59.2 Å². The largest absolute Gasteiger partial charge is 0.379 e. The lowest BCUT2D eigenvalue weighted by Crippen LogP contribution is -2.02. The Morgan fingerprint density at radius 1 is 0.571 bits per heavy atom. The van der Waals surface area contributed by atoms with Gasteiger partial charge in [0.25, 0.3) is 0 Å². The number of nitrogens with one attached hydrogen (secondary N) is 2. The van der Waals surface area contributed by atoms with Crippen LogP contribution in [0.2, 0.25) is 0 Å². The van der Waals surface area contributed by atoms with E-state index in [-0.39, 0.29) is 0 Å². The highest BCUT2D eigenvalue weighted by molar-refractivity contribution is 5.74. The van der Waals surface area contributed by atoms with Gasteiger partial charge < -0.3 is 10.6 Å². The fraction of sp³-hybridized carbons (Fsp3) is 0.0526. The van der Waals surface area contributed by atoms with Crippen molar-refractivity contribution in [1.29, 1.82) is 0 Å². The average Bonchev–Trinajstić information content (AvgIpc) is 2.56. The van der Waals surface area contributed by atoms with Crippen LogP contribution in [-0.2, 0) is 6.54 Å². The molecule has 0 fully saturated rings. The second-order valence-corrected chi connectivity index (χ2v) is 4.88. The van der Waals surface area contributed by atoms with Crippen LogP contribution < -0.4 is 10.6 Å². The Morgan fingerprint density at radius 2 is 1.14 bits per heavy atom. The lowest BCUT2D eigenvalue weighted by atomic mass is 10.2. The van der Waals surface area contributed by atoms with E-state index in [1.165, 1.54) is 5.56 Å². The van der Waals surface area contributed by atoms with Crippen molar-refractivity contribution in [2.75, 3.05) is 10.6 Å². The minimum Gasteiger partial charge on any atom is -0.379 e. The minimum atomic E-state index is 0.814. The van der Waals surface area contributed by atoms with Gasteiger partial charge in [0.2, 0.25) is 0 Å². The summed E-state index contributed by atoms with van der Waals surface area (Å²) in [5.74, 6) is 0. The van der Waals surface area contributed by atoms with Crippen molar-refractivity contribution in [2.24, 2.45) is 0 Å². The van der Waals surface area contributed by atoms with Crippen LogP contribution in [-0.4, -0.2) is 0 Å². The number of hydrogen-bond donors (Lipinski definition) is 2. The number of para-hydroxylation sites is 3. The van der Waals surface area contributed by atoms with Crippen LogP contribution in [0.4, 0.5) is 17.1 Å². The second-order valence-electron chi connectivity index (χ2n) is 4.88. The summed E-state index contributed by atoms with van der Waals surface area (Å²) >= 11 is 0. The first-order valence-electron chi connectivity index (χ1n) is 7.11. The molecule has 0 bridgehead atoms. The number of benzene rings is 3. The lowest BCUT2D eigenvalue weighted by Gasteiger charge is -2.14. The van der Waals surface area contributed by atoms with E-state index in [0.29, 0.717) is 0 Å². The fourth-order valence-electron chi connectivity index (χ4n) is 2.22. The summed E-state index contributed by atoms with van der Waals surface area (Å²) in [7, 11) is 0. The summed E-state index contributed by atoms with van der Waals surface area (Å²) in [6.07, 6.45) is 0. The Kier molecular flexibility index (Phi) is 4.18. The third-order valence-corrected chi connectivity index (χ3v) is 3.31. The normalized spacial score (nSPS) is 10.1. The van der Waals surface area contributed by atoms with Gasteiger partial charge in [0.1, 0.15) is 0 Å². The Hall–Kier alpha value is -2.74. The van der Waals surface area contributed by atoms with Gasteiger partial charge in [-0.15, -0.1) is 0 Å². The standard InChI is InChI=1S/C19H18N2/c1-3-9-16(10-4-1)15-20-18-13-7-8-14-19(18)21-17-11-5-2-6-12-17/h1-14,20-21H,15H2. The molecule has 2 heteroatoms. The summed E-state index contributed by atoms with van der Waals surface area (Å²) in [4.78, 5) is 0. The molecule has 0 aliphatic heterocycles. The Morgan fingerprint density at radius 3 is 1.86 bits per heavy atom. The Labute approximate surface area is 125 Å².